The number of aromatic nitrogens is 3. The predicted molar refractivity (Wildman–Crippen MR) is 97.5 cm³/mol. The summed E-state index contributed by atoms with van der Waals surface area (Å²) in [7, 11) is 1.82. The molecule has 0 bridgehead atoms. The molecule has 0 radical (unpaired) electrons. The highest BCUT2D eigenvalue weighted by molar-refractivity contribution is 5.77. The second kappa shape index (κ2) is 8.38. The molecule has 134 valence electrons. The van der Waals surface area contributed by atoms with Crippen LogP contribution in [-0.2, 0) is 11.2 Å². The standard InChI is InChI=1S/C20H22N4O2/c1-15-22-23-20(26-15)18(17-6-4-3-5-7-17)14-19(25)24(2)13-10-16-8-11-21-12-9-16/h3-9,11-12,18H,10,13-14H2,1-2H3. The lowest BCUT2D eigenvalue weighted by atomic mass is 9.95. The number of carbonyl (C=O) groups is 1. The quantitative estimate of drug-likeness (QED) is 0.655. The molecule has 0 N–H and O–H groups in total. The first kappa shape index (κ1) is 17.8. The Hall–Kier alpha value is -3.02. The van der Waals surface area contributed by atoms with Crippen LogP contribution in [0.3, 0.4) is 0 Å². The maximum absolute atomic E-state index is 12.8. The summed E-state index contributed by atoms with van der Waals surface area (Å²) >= 11 is 0. The third kappa shape index (κ3) is 4.53. The van der Waals surface area contributed by atoms with Crippen LogP contribution in [0.15, 0.2) is 59.3 Å². The number of rotatable bonds is 7. The van der Waals surface area contributed by atoms with Crippen molar-refractivity contribution in [1.82, 2.24) is 20.1 Å². The molecule has 1 aromatic carbocycles. The number of carbonyl (C=O) groups excluding carboxylic acids is 1. The van der Waals surface area contributed by atoms with Gasteiger partial charge in [0.1, 0.15) is 0 Å². The lowest BCUT2D eigenvalue weighted by Gasteiger charge is -2.20. The Morgan fingerprint density at radius 3 is 2.50 bits per heavy atom. The molecule has 2 aromatic heterocycles. The third-order valence-electron chi connectivity index (χ3n) is 4.33. The minimum atomic E-state index is -0.242. The van der Waals surface area contributed by atoms with Gasteiger partial charge in [0, 0.05) is 39.3 Å². The Labute approximate surface area is 152 Å². The van der Waals surface area contributed by atoms with Gasteiger partial charge in [0.25, 0.3) is 0 Å². The first-order chi connectivity index (χ1) is 12.6. The third-order valence-corrected chi connectivity index (χ3v) is 4.33. The van der Waals surface area contributed by atoms with E-state index in [0.717, 1.165) is 17.5 Å². The van der Waals surface area contributed by atoms with E-state index in [9.17, 15) is 4.79 Å². The van der Waals surface area contributed by atoms with E-state index in [0.29, 0.717) is 24.7 Å². The molecule has 0 aliphatic carbocycles. The highest BCUT2D eigenvalue weighted by atomic mass is 16.4. The molecule has 26 heavy (non-hydrogen) atoms. The fourth-order valence-corrected chi connectivity index (χ4v) is 2.79. The number of hydrogen-bond acceptors (Lipinski definition) is 5. The molecule has 0 aliphatic rings. The van der Waals surface area contributed by atoms with Gasteiger partial charge in [-0.1, -0.05) is 30.3 Å². The topological polar surface area (TPSA) is 72.1 Å². The molecule has 0 spiro atoms. The lowest BCUT2D eigenvalue weighted by molar-refractivity contribution is -0.130. The fraction of sp³-hybridized carbons (Fsp3) is 0.300. The normalized spacial score (nSPS) is 11.9. The number of pyridine rings is 1. The first-order valence-electron chi connectivity index (χ1n) is 8.61. The van der Waals surface area contributed by atoms with E-state index in [1.165, 1.54) is 0 Å². The van der Waals surface area contributed by atoms with Crippen molar-refractivity contribution in [2.24, 2.45) is 0 Å². The molecule has 6 heteroatoms. The van der Waals surface area contributed by atoms with E-state index in [2.05, 4.69) is 15.2 Å². The Bertz CT molecular complexity index is 833. The number of amides is 1. The van der Waals surface area contributed by atoms with Gasteiger partial charge in [-0.25, -0.2) is 0 Å². The Morgan fingerprint density at radius 2 is 1.85 bits per heavy atom. The minimum Gasteiger partial charge on any atom is -0.425 e. The van der Waals surface area contributed by atoms with Crippen molar-refractivity contribution in [3.05, 3.63) is 77.8 Å². The Balaban J connectivity index is 1.69. The van der Waals surface area contributed by atoms with E-state index in [4.69, 9.17) is 4.42 Å². The predicted octanol–water partition coefficient (Wildman–Crippen LogP) is 3.00. The summed E-state index contributed by atoms with van der Waals surface area (Å²) in [6, 6.07) is 13.7. The van der Waals surface area contributed by atoms with Gasteiger partial charge in [-0.2, -0.15) is 0 Å². The minimum absolute atomic E-state index is 0.0452. The van der Waals surface area contributed by atoms with Crippen molar-refractivity contribution in [1.29, 1.82) is 0 Å². The summed E-state index contributed by atoms with van der Waals surface area (Å²) in [4.78, 5) is 18.5. The number of aryl methyl sites for hydroxylation is 1. The van der Waals surface area contributed by atoms with Gasteiger partial charge in [0.05, 0.1) is 5.92 Å². The molecule has 6 nitrogen and oxygen atoms in total. The zero-order valence-corrected chi connectivity index (χ0v) is 15.0. The molecular formula is C20H22N4O2. The van der Waals surface area contributed by atoms with Crippen molar-refractivity contribution in [3.8, 4) is 0 Å². The van der Waals surface area contributed by atoms with Crippen LogP contribution in [0.25, 0.3) is 0 Å². The van der Waals surface area contributed by atoms with E-state index >= 15 is 0 Å². The van der Waals surface area contributed by atoms with Crippen molar-refractivity contribution < 1.29 is 9.21 Å². The summed E-state index contributed by atoms with van der Waals surface area (Å²) in [5.74, 6) is 0.779. The van der Waals surface area contributed by atoms with Gasteiger partial charge in [-0.15, -0.1) is 10.2 Å². The van der Waals surface area contributed by atoms with Crippen LogP contribution < -0.4 is 0 Å². The van der Waals surface area contributed by atoms with Gasteiger partial charge in [0.2, 0.25) is 17.7 Å². The summed E-state index contributed by atoms with van der Waals surface area (Å²) in [6.07, 6.45) is 4.61. The monoisotopic (exact) mass is 350 g/mol. The molecule has 1 amide bonds. The number of nitrogens with zero attached hydrogens (tertiary/aromatic N) is 4. The molecule has 0 aliphatic heterocycles. The highest BCUT2D eigenvalue weighted by Crippen LogP contribution is 2.27. The van der Waals surface area contributed by atoms with E-state index in [1.54, 1.807) is 24.2 Å². The number of likely N-dealkylation sites (N-methyl/N-ethyl adjacent to an activating group) is 1. The van der Waals surface area contributed by atoms with Crippen LogP contribution in [0.2, 0.25) is 0 Å². The van der Waals surface area contributed by atoms with Crippen molar-refractivity contribution >= 4 is 5.91 Å². The van der Waals surface area contributed by atoms with Crippen molar-refractivity contribution in [2.75, 3.05) is 13.6 Å². The molecule has 3 aromatic rings. The highest BCUT2D eigenvalue weighted by Gasteiger charge is 2.25. The van der Waals surface area contributed by atoms with Crippen LogP contribution in [0.4, 0.5) is 0 Å². The van der Waals surface area contributed by atoms with E-state index in [-0.39, 0.29) is 11.8 Å². The summed E-state index contributed by atoms with van der Waals surface area (Å²) in [6.45, 7) is 2.40. The number of hydrogen-bond donors (Lipinski definition) is 0. The maximum Gasteiger partial charge on any atom is 0.224 e. The van der Waals surface area contributed by atoms with Gasteiger partial charge in [-0.3, -0.25) is 9.78 Å². The second-order valence-corrected chi connectivity index (χ2v) is 6.25. The molecule has 1 unspecified atom stereocenters. The number of benzene rings is 1. The van der Waals surface area contributed by atoms with Crippen LogP contribution in [0.1, 0.15) is 35.2 Å². The SMILES string of the molecule is Cc1nnc(C(CC(=O)N(C)CCc2ccncc2)c2ccccc2)o1. The molecular weight excluding hydrogens is 328 g/mol. The Kier molecular flexibility index (Phi) is 5.73. The molecule has 0 saturated carbocycles. The average Bonchev–Trinajstić information content (AvgIpc) is 3.11. The Morgan fingerprint density at radius 1 is 1.12 bits per heavy atom. The first-order valence-corrected chi connectivity index (χ1v) is 8.61. The van der Waals surface area contributed by atoms with Crippen molar-refractivity contribution in [3.63, 3.8) is 0 Å². The van der Waals surface area contributed by atoms with Crippen LogP contribution in [-0.4, -0.2) is 39.6 Å². The van der Waals surface area contributed by atoms with Gasteiger partial charge in [0.15, 0.2) is 0 Å². The van der Waals surface area contributed by atoms with Crippen LogP contribution >= 0.6 is 0 Å². The average molecular weight is 350 g/mol. The van der Waals surface area contributed by atoms with Gasteiger partial charge < -0.3 is 9.32 Å². The molecule has 2 heterocycles. The van der Waals surface area contributed by atoms with E-state index in [1.807, 2.05) is 49.5 Å². The maximum atomic E-state index is 12.8. The summed E-state index contributed by atoms with van der Waals surface area (Å²) in [5.41, 5.74) is 2.15. The van der Waals surface area contributed by atoms with Gasteiger partial charge >= 0.3 is 0 Å². The fourth-order valence-electron chi connectivity index (χ4n) is 2.79. The molecule has 1 atom stereocenters. The summed E-state index contributed by atoms with van der Waals surface area (Å²) in [5, 5.41) is 8.05. The zero-order valence-electron chi connectivity index (χ0n) is 15.0. The largest absolute Gasteiger partial charge is 0.425 e. The smallest absolute Gasteiger partial charge is 0.224 e. The van der Waals surface area contributed by atoms with E-state index < -0.39 is 0 Å². The second-order valence-electron chi connectivity index (χ2n) is 6.25. The summed E-state index contributed by atoms with van der Waals surface area (Å²) < 4.78 is 5.61. The van der Waals surface area contributed by atoms with Crippen LogP contribution in [0, 0.1) is 6.92 Å². The molecule has 0 saturated heterocycles. The molecule has 3 rings (SSSR count). The van der Waals surface area contributed by atoms with Gasteiger partial charge in [-0.05, 0) is 29.7 Å². The molecule has 0 fully saturated rings. The van der Waals surface area contributed by atoms with Crippen LogP contribution in [0.5, 0.6) is 0 Å². The zero-order chi connectivity index (χ0) is 18.4. The van der Waals surface area contributed by atoms with Crippen molar-refractivity contribution in [2.45, 2.75) is 25.7 Å². The lowest BCUT2D eigenvalue weighted by Crippen LogP contribution is -2.30.